The van der Waals surface area contributed by atoms with Crippen LogP contribution in [0.2, 0.25) is 0 Å². The van der Waals surface area contributed by atoms with E-state index in [1.165, 1.54) is 25.7 Å². The van der Waals surface area contributed by atoms with Gasteiger partial charge in [0, 0.05) is 13.1 Å². The Hall–Kier alpha value is -1.26. The molecule has 0 aromatic carbocycles. The first kappa shape index (κ1) is 15.1. The quantitative estimate of drug-likeness (QED) is 0.834. The van der Waals surface area contributed by atoms with Crippen LogP contribution in [-0.4, -0.2) is 41.1 Å². The number of hydrogen-bond donors (Lipinski definition) is 2. The Bertz CT molecular complexity index is 370. The predicted octanol–water partition coefficient (Wildman–Crippen LogP) is 2.32. The van der Waals surface area contributed by atoms with Gasteiger partial charge in [0.25, 0.3) is 0 Å². The predicted molar refractivity (Wildman–Crippen MR) is 76.4 cm³/mol. The number of urea groups is 1. The van der Waals surface area contributed by atoms with E-state index in [9.17, 15) is 9.59 Å². The number of nitrogens with zero attached hydrogens (tertiary/aromatic N) is 1. The first-order valence-corrected chi connectivity index (χ1v) is 7.77. The van der Waals surface area contributed by atoms with Crippen molar-refractivity contribution in [1.82, 2.24) is 10.2 Å². The molecule has 2 unspecified atom stereocenters. The number of piperidine rings is 1. The van der Waals surface area contributed by atoms with Gasteiger partial charge in [-0.1, -0.05) is 33.1 Å². The van der Waals surface area contributed by atoms with Gasteiger partial charge in [-0.15, -0.1) is 0 Å². The van der Waals surface area contributed by atoms with Crippen molar-refractivity contribution in [1.29, 1.82) is 0 Å². The number of rotatable bonds is 3. The number of fused-ring (bicyclic) bond motifs is 1. The average Bonchev–Trinajstić information content (AvgIpc) is 2.43. The third-order valence-corrected chi connectivity index (χ3v) is 4.79. The third-order valence-electron chi connectivity index (χ3n) is 4.79. The molecule has 0 aromatic heterocycles. The minimum atomic E-state index is -0.957. The molecule has 1 heterocycles. The first-order chi connectivity index (χ1) is 9.49. The fourth-order valence-corrected chi connectivity index (χ4v) is 3.52. The highest BCUT2D eigenvalue weighted by atomic mass is 16.4. The van der Waals surface area contributed by atoms with Crippen molar-refractivity contribution in [2.75, 3.05) is 13.1 Å². The Morgan fingerprint density at radius 2 is 1.80 bits per heavy atom. The van der Waals surface area contributed by atoms with Crippen molar-refractivity contribution in [2.45, 2.75) is 52.0 Å². The molecule has 1 saturated carbocycles. The second-order valence-corrected chi connectivity index (χ2v) is 6.55. The largest absolute Gasteiger partial charge is 0.480 e. The molecule has 2 N–H and O–H groups in total. The molecule has 2 fully saturated rings. The van der Waals surface area contributed by atoms with Crippen LogP contribution in [0.1, 0.15) is 46.0 Å². The molecule has 2 amide bonds. The van der Waals surface area contributed by atoms with Gasteiger partial charge in [0.1, 0.15) is 6.04 Å². The summed E-state index contributed by atoms with van der Waals surface area (Å²) in [7, 11) is 0. The second-order valence-electron chi connectivity index (χ2n) is 6.55. The molecule has 5 heteroatoms. The number of hydrogen-bond acceptors (Lipinski definition) is 2. The summed E-state index contributed by atoms with van der Waals surface area (Å²) in [5, 5.41) is 11.8. The van der Waals surface area contributed by atoms with Gasteiger partial charge >= 0.3 is 12.0 Å². The number of carbonyl (C=O) groups excluding carboxylic acids is 1. The standard InChI is InChI=1S/C15H26N2O3/c1-10(2)13(14(18)19)16-15(20)17-8-7-11-5-3-4-6-12(11)9-17/h10-13H,3-9H2,1-2H3,(H,16,20)(H,18,19)/t11?,12?,13-/m1/s1. The molecule has 1 aliphatic carbocycles. The summed E-state index contributed by atoms with van der Waals surface area (Å²) in [4.78, 5) is 25.2. The van der Waals surface area contributed by atoms with Crippen LogP contribution in [0.5, 0.6) is 0 Å². The van der Waals surface area contributed by atoms with Crippen molar-refractivity contribution < 1.29 is 14.7 Å². The SMILES string of the molecule is CC(C)[C@@H](NC(=O)N1CCC2CCCCC2C1)C(=O)O. The van der Waals surface area contributed by atoms with Crippen molar-refractivity contribution in [2.24, 2.45) is 17.8 Å². The van der Waals surface area contributed by atoms with Crippen LogP contribution in [0.4, 0.5) is 4.79 Å². The fourth-order valence-electron chi connectivity index (χ4n) is 3.52. The topological polar surface area (TPSA) is 69.6 Å². The number of likely N-dealkylation sites (tertiary alicyclic amines) is 1. The Morgan fingerprint density at radius 3 is 2.40 bits per heavy atom. The minimum absolute atomic E-state index is 0.108. The van der Waals surface area contributed by atoms with E-state index in [4.69, 9.17) is 5.11 Å². The summed E-state index contributed by atoms with van der Waals surface area (Å²) in [6.07, 6.45) is 6.16. The van der Waals surface area contributed by atoms with Crippen molar-refractivity contribution >= 4 is 12.0 Å². The molecule has 2 aliphatic rings. The number of aliphatic carboxylic acids is 1. The Kier molecular flexibility index (Phi) is 4.89. The minimum Gasteiger partial charge on any atom is -0.480 e. The van der Waals surface area contributed by atoms with Gasteiger partial charge in [-0.2, -0.15) is 0 Å². The van der Waals surface area contributed by atoms with E-state index in [-0.39, 0.29) is 11.9 Å². The lowest BCUT2D eigenvalue weighted by Crippen LogP contribution is -2.53. The van der Waals surface area contributed by atoms with E-state index in [2.05, 4.69) is 5.32 Å². The van der Waals surface area contributed by atoms with E-state index >= 15 is 0 Å². The summed E-state index contributed by atoms with van der Waals surface area (Å²) in [6.45, 7) is 5.18. The smallest absolute Gasteiger partial charge is 0.326 e. The van der Waals surface area contributed by atoms with E-state index in [0.29, 0.717) is 5.92 Å². The third kappa shape index (κ3) is 3.44. The van der Waals surface area contributed by atoms with Crippen molar-refractivity contribution in [3.05, 3.63) is 0 Å². The lowest BCUT2D eigenvalue weighted by Gasteiger charge is -2.41. The molecule has 5 nitrogen and oxygen atoms in total. The maximum absolute atomic E-state index is 12.2. The lowest BCUT2D eigenvalue weighted by molar-refractivity contribution is -0.140. The monoisotopic (exact) mass is 282 g/mol. The Balaban J connectivity index is 1.91. The molecule has 2 rings (SSSR count). The zero-order valence-corrected chi connectivity index (χ0v) is 12.5. The van der Waals surface area contributed by atoms with E-state index in [0.717, 1.165) is 25.4 Å². The Labute approximate surface area is 120 Å². The number of amides is 2. The first-order valence-electron chi connectivity index (χ1n) is 7.77. The molecule has 0 radical (unpaired) electrons. The van der Waals surface area contributed by atoms with Gasteiger partial charge in [-0.25, -0.2) is 9.59 Å². The van der Waals surface area contributed by atoms with Crippen LogP contribution in [0.3, 0.4) is 0 Å². The van der Waals surface area contributed by atoms with Crippen molar-refractivity contribution in [3.8, 4) is 0 Å². The van der Waals surface area contributed by atoms with Crippen LogP contribution in [-0.2, 0) is 4.79 Å². The van der Waals surface area contributed by atoms with Crippen molar-refractivity contribution in [3.63, 3.8) is 0 Å². The average molecular weight is 282 g/mol. The number of carbonyl (C=O) groups is 2. The molecule has 20 heavy (non-hydrogen) atoms. The normalized spacial score (nSPS) is 27.9. The van der Waals surface area contributed by atoms with Gasteiger partial charge in [0.05, 0.1) is 0 Å². The maximum Gasteiger partial charge on any atom is 0.326 e. The lowest BCUT2D eigenvalue weighted by atomic mass is 9.75. The van der Waals surface area contributed by atoms with Gasteiger partial charge in [-0.05, 0) is 30.6 Å². The van der Waals surface area contributed by atoms with E-state index in [1.54, 1.807) is 0 Å². The highest BCUT2D eigenvalue weighted by Crippen LogP contribution is 2.35. The van der Waals surface area contributed by atoms with Crippen LogP contribution in [0, 0.1) is 17.8 Å². The van der Waals surface area contributed by atoms with Gasteiger partial charge in [0.2, 0.25) is 0 Å². The highest BCUT2D eigenvalue weighted by molar-refractivity contribution is 5.82. The highest BCUT2D eigenvalue weighted by Gasteiger charge is 2.34. The molecule has 0 bridgehead atoms. The van der Waals surface area contributed by atoms with E-state index < -0.39 is 12.0 Å². The van der Waals surface area contributed by atoms with Crippen LogP contribution in [0.15, 0.2) is 0 Å². The van der Waals surface area contributed by atoms with Gasteiger partial charge < -0.3 is 15.3 Å². The summed E-state index contributed by atoms with van der Waals surface area (Å²) in [5.74, 6) is 0.323. The molecule has 0 aromatic rings. The van der Waals surface area contributed by atoms with Gasteiger partial charge in [0.15, 0.2) is 0 Å². The zero-order chi connectivity index (χ0) is 14.7. The molecular formula is C15H26N2O3. The van der Waals surface area contributed by atoms with E-state index in [1.807, 2.05) is 18.7 Å². The summed E-state index contributed by atoms with van der Waals surface area (Å²) >= 11 is 0. The maximum atomic E-state index is 12.2. The van der Waals surface area contributed by atoms with Crippen LogP contribution in [0.25, 0.3) is 0 Å². The number of nitrogens with one attached hydrogen (secondary N) is 1. The number of carboxylic acid groups (broad SMARTS) is 1. The summed E-state index contributed by atoms with van der Waals surface area (Å²) in [6, 6.07) is -1.01. The molecule has 0 spiro atoms. The zero-order valence-electron chi connectivity index (χ0n) is 12.5. The van der Waals surface area contributed by atoms with Crippen LogP contribution < -0.4 is 5.32 Å². The fraction of sp³-hybridized carbons (Fsp3) is 0.867. The number of carboxylic acids is 1. The molecule has 3 atom stereocenters. The molecule has 114 valence electrons. The molecular weight excluding hydrogens is 256 g/mol. The summed E-state index contributed by atoms with van der Waals surface area (Å²) in [5.41, 5.74) is 0. The second kappa shape index (κ2) is 6.46. The van der Waals surface area contributed by atoms with Crippen LogP contribution >= 0.6 is 0 Å². The summed E-state index contributed by atoms with van der Waals surface area (Å²) < 4.78 is 0. The van der Waals surface area contributed by atoms with Gasteiger partial charge in [-0.3, -0.25) is 0 Å². The molecule has 1 aliphatic heterocycles. The Morgan fingerprint density at radius 1 is 1.15 bits per heavy atom. The molecule has 1 saturated heterocycles.